The molecule has 2 unspecified atom stereocenters. The zero-order valence-corrected chi connectivity index (χ0v) is 16.4. The Hall–Kier alpha value is -2.15. The highest BCUT2D eigenvalue weighted by Gasteiger charge is 2.37. The predicted molar refractivity (Wildman–Crippen MR) is 111 cm³/mol. The van der Waals surface area contributed by atoms with Crippen molar-refractivity contribution in [1.82, 2.24) is 15.3 Å². The van der Waals surface area contributed by atoms with Gasteiger partial charge in [0.15, 0.2) is 5.82 Å². The molecule has 2 saturated heterocycles. The minimum Gasteiger partial charge on any atom is -0.367 e. The molecule has 2 aromatic carbocycles. The number of hydrogen-bond donors (Lipinski definition) is 2. The zero-order chi connectivity index (χ0) is 19.3. The van der Waals surface area contributed by atoms with Crippen molar-refractivity contribution in [1.29, 1.82) is 0 Å². The van der Waals surface area contributed by atoms with E-state index in [4.69, 9.17) is 23.2 Å². The van der Waals surface area contributed by atoms with E-state index in [1.165, 1.54) is 12.7 Å². The molecule has 0 radical (unpaired) electrons. The van der Waals surface area contributed by atoms with E-state index >= 15 is 0 Å². The van der Waals surface area contributed by atoms with Gasteiger partial charge in [-0.2, -0.15) is 0 Å². The monoisotopic (exact) mass is 417 g/mol. The van der Waals surface area contributed by atoms with Crippen LogP contribution in [0.3, 0.4) is 0 Å². The first-order chi connectivity index (χ1) is 13.6. The van der Waals surface area contributed by atoms with E-state index < -0.39 is 5.82 Å². The quantitative estimate of drug-likeness (QED) is 0.609. The second-order valence-corrected chi connectivity index (χ2v) is 8.02. The SMILES string of the molecule is Fc1c(Nc2ncnc3ccc(N4CCC5CNCC54)cc23)ccc(Cl)c1Cl. The number of fused-ring (bicyclic) bond motifs is 2. The summed E-state index contributed by atoms with van der Waals surface area (Å²) in [7, 11) is 0. The van der Waals surface area contributed by atoms with Crippen LogP contribution in [-0.4, -0.2) is 35.6 Å². The third kappa shape index (κ3) is 2.96. The van der Waals surface area contributed by atoms with Gasteiger partial charge in [-0.15, -0.1) is 0 Å². The highest BCUT2D eigenvalue weighted by molar-refractivity contribution is 6.42. The molecule has 0 spiro atoms. The molecule has 0 saturated carbocycles. The molecule has 5 nitrogen and oxygen atoms in total. The summed E-state index contributed by atoms with van der Waals surface area (Å²) in [5.41, 5.74) is 2.15. The van der Waals surface area contributed by atoms with Crippen LogP contribution in [0, 0.1) is 11.7 Å². The number of rotatable bonds is 3. The first kappa shape index (κ1) is 17.9. The van der Waals surface area contributed by atoms with Crippen LogP contribution < -0.4 is 15.5 Å². The van der Waals surface area contributed by atoms with Gasteiger partial charge in [-0.05, 0) is 42.7 Å². The molecular formula is C20H18Cl2FN5. The van der Waals surface area contributed by atoms with Crippen LogP contribution in [0.2, 0.25) is 10.0 Å². The summed E-state index contributed by atoms with van der Waals surface area (Å²) in [6.45, 7) is 3.13. The molecule has 3 heterocycles. The summed E-state index contributed by atoms with van der Waals surface area (Å²) in [5, 5.41) is 7.42. The fourth-order valence-corrected chi connectivity index (χ4v) is 4.55. The number of benzene rings is 2. The lowest BCUT2D eigenvalue weighted by Crippen LogP contribution is -2.34. The highest BCUT2D eigenvalue weighted by Crippen LogP contribution is 2.36. The number of aromatic nitrogens is 2. The molecule has 0 bridgehead atoms. The number of nitrogens with one attached hydrogen (secondary N) is 2. The van der Waals surface area contributed by atoms with Gasteiger partial charge in [-0.1, -0.05) is 23.2 Å². The van der Waals surface area contributed by atoms with Crippen LogP contribution in [0.1, 0.15) is 6.42 Å². The normalized spacial score (nSPS) is 21.3. The van der Waals surface area contributed by atoms with Gasteiger partial charge in [0.25, 0.3) is 0 Å². The minimum absolute atomic E-state index is 0.109. The minimum atomic E-state index is -0.600. The molecule has 2 aliphatic rings. The standard InChI is InChI=1S/C20H18Cl2FN5/c21-14-2-4-16(19(23)18(14)22)27-20-13-7-12(1-3-15(13)25-10-26-20)28-6-5-11-8-24-9-17(11)28/h1-4,7,10-11,17,24H,5-6,8-9H2,(H,25,26,27). The van der Waals surface area contributed by atoms with Crippen LogP contribution >= 0.6 is 23.2 Å². The van der Waals surface area contributed by atoms with E-state index in [1.54, 1.807) is 12.1 Å². The lowest BCUT2D eigenvalue weighted by Gasteiger charge is -2.26. The van der Waals surface area contributed by atoms with Gasteiger partial charge in [0.05, 0.1) is 21.2 Å². The van der Waals surface area contributed by atoms with Crippen molar-refractivity contribution in [2.75, 3.05) is 29.9 Å². The maximum Gasteiger partial charge on any atom is 0.166 e. The Bertz CT molecular complexity index is 1060. The van der Waals surface area contributed by atoms with Crippen LogP contribution in [0.25, 0.3) is 10.9 Å². The Labute approximate surface area is 171 Å². The van der Waals surface area contributed by atoms with E-state index in [0.29, 0.717) is 17.8 Å². The summed E-state index contributed by atoms with van der Waals surface area (Å²) in [6, 6.07) is 9.79. The van der Waals surface area contributed by atoms with Gasteiger partial charge in [0.2, 0.25) is 0 Å². The first-order valence-electron chi connectivity index (χ1n) is 9.24. The highest BCUT2D eigenvalue weighted by atomic mass is 35.5. The second-order valence-electron chi connectivity index (χ2n) is 7.24. The zero-order valence-electron chi connectivity index (χ0n) is 14.9. The molecule has 5 rings (SSSR count). The second kappa shape index (κ2) is 7.03. The van der Waals surface area contributed by atoms with Crippen LogP contribution in [0.4, 0.5) is 21.6 Å². The summed E-state index contributed by atoms with van der Waals surface area (Å²) < 4.78 is 14.5. The maximum atomic E-state index is 14.5. The Morgan fingerprint density at radius 1 is 1.14 bits per heavy atom. The summed E-state index contributed by atoms with van der Waals surface area (Å²) in [6.07, 6.45) is 2.66. The molecule has 28 heavy (non-hydrogen) atoms. The number of hydrogen-bond acceptors (Lipinski definition) is 5. The topological polar surface area (TPSA) is 53.1 Å². The van der Waals surface area contributed by atoms with Crippen LogP contribution in [0.5, 0.6) is 0 Å². The van der Waals surface area contributed by atoms with Crippen molar-refractivity contribution in [3.63, 3.8) is 0 Å². The molecule has 3 aromatic rings. The summed E-state index contributed by atoms with van der Waals surface area (Å²) in [5.74, 6) is 0.631. The van der Waals surface area contributed by atoms with Gasteiger partial charge >= 0.3 is 0 Å². The average molecular weight is 418 g/mol. The van der Waals surface area contributed by atoms with Crippen molar-refractivity contribution in [2.24, 2.45) is 5.92 Å². The van der Waals surface area contributed by atoms with Gasteiger partial charge < -0.3 is 15.5 Å². The molecule has 0 aliphatic carbocycles. The average Bonchev–Trinajstić information content (AvgIpc) is 3.32. The van der Waals surface area contributed by atoms with Gasteiger partial charge in [0, 0.05) is 36.7 Å². The molecule has 2 atom stereocenters. The Balaban J connectivity index is 1.54. The third-order valence-electron chi connectivity index (χ3n) is 5.68. The van der Waals surface area contributed by atoms with Crippen LogP contribution in [-0.2, 0) is 0 Å². The molecule has 2 fully saturated rings. The van der Waals surface area contributed by atoms with E-state index in [1.807, 2.05) is 6.07 Å². The summed E-state index contributed by atoms with van der Waals surface area (Å²) >= 11 is 11.8. The molecule has 2 N–H and O–H groups in total. The number of nitrogens with zero attached hydrogens (tertiary/aromatic N) is 3. The van der Waals surface area contributed by atoms with Crippen LogP contribution in [0.15, 0.2) is 36.7 Å². The predicted octanol–water partition coefficient (Wildman–Crippen LogP) is 4.62. The van der Waals surface area contributed by atoms with Gasteiger partial charge in [-0.3, -0.25) is 0 Å². The Morgan fingerprint density at radius 2 is 2.04 bits per heavy atom. The lowest BCUT2D eigenvalue weighted by atomic mass is 10.0. The molecule has 144 valence electrons. The molecule has 8 heteroatoms. The molecule has 2 aliphatic heterocycles. The third-order valence-corrected chi connectivity index (χ3v) is 6.47. The maximum absolute atomic E-state index is 14.5. The molecule has 1 aromatic heterocycles. The van der Waals surface area contributed by atoms with Crippen molar-refractivity contribution in [2.45, 2.75) is 12.5 Å². The van der Waals surface area contributed by atoms with Crippen molar-refractivity contribution < 1.29 is 4.39 Å². The van der Waals surface area contributed by atoms with Gasteiger partial charge in [-0.25, -0.2) is 14.4 Å². The van der Waals surface area contributed by atoms with Gasteiger partial charge in [0.1, 0.15) is 12.1 Å². The Morgan fingerprint density at radius 3 is 2.93 bits per heavy atom. The largest absolute Gasteiger partial charge is 0.367 e. The lowest BCUT2D eigenvalue weighted by molar-refractivity contribution is 0.579. The van der Waals surface area contributed by atoms with E-state index in [0.717, 1.165) is 36.2 Å². The fraction of sp³-hybridized carbons (Fsp3) is 0.300. The van der Waals surface area contributed by atoms with Crippen molar-refractivity contribution in [3.8, 4) is 0 Å². The van der Waals surface area contributed by atoms with E-state index in [2.05, 4.69) is 37.6 Å². The van der Waals surface area contributed by atoms with Crippen molar-refractivity contribution >= 4 is 51.3 Å². The smallest absolute Gasteiger partial charge is 0.166 e. The molecule has 0 amide bonds. The number of halogens is 3. The van der Waals surface area contributed by atoms with E-state index in [9.17, 15) is 4.39 Å². The van der Waals surface area contributed by atoms with Crippen molar-refractivity contribution in [3.05, 3.63) is 52.5 Å². The first-order valence-corrected chi connectivity index (χ1v) is 10.00. The Kier molecular flexibility index (Phi) is 4.50. The number of anilines is 3. The fourth-order valence-electron chi connectivity index (χ4n) is 4.24. The summed E-state index contributed by atoms with van der Waals surface area (Å²) in [4.78, 5) is 11.1. The van der Waals surface area contributed by atoms with E-state index in [-0.39, 0.29) is 15.7 Å². The molecular weight excluding hydrogens is 400 g/mol.